The van der Waals surface area contributed by atoms with E-state index < -0.39 is 9.84 Å². The van der Waals surface area contributed by atoms with E-state index in [-0.39, 0.29) is 12.5 Å². The number of carbonyl (C=O) groups is 1. The number of rotatable bonds is 8. The van der Waals surface area contributed by atoms with Gasteiger partial charge in [-0.05, 0) is 43.9 Å². The van der Waals surface area contributed by atoms with Gasteiger partial charge in [0.2, 0.25) is 5.91 Å². The van der Waals surface area contributed by atoms with Crippen LogP contribution in [0.5, 0.6) is 0 Å². The zero-order chi connectivity index (χ0) is 18.3. The lowest BCUT2D eigenvalue weighted by molar-refractivity contribution is -0.119. The third-order valence-electron chi connectivity index (χ3n) is 3.73. The molecule has 1 aliphatic rings. The summed E-state index contributed by atoms with van der Waals surface area (Å²) in [5.74, 6) is 0.539. The Morgan fingerprint density at radius 2 is 1.88 bits per heavy atom. The average molecular weight is 366 g/mol. The van der Waals surface area contributed by atoms with Crippen molar-refractivity contribution in [3.05, 3.63) is 29.8 Å². The summed E-state index contributed by atoms with van der Waals surface area (Å²) in [6.07, 6.45) is 4.04. The Kier molecular flexibility index (Phi) is 6.81. The highest BCUT2D eigenvalue weighted by Gasteiger charge is 2.22. The number of aliphatic imine (C=N–C) groups is 1. The molecule has 1 aliphatic carbocycles. The molecule has 1 amide bonds. The monoisotopic (exact) mass is 366 g/mol. The number of nitrogens with zero attached hydrogens (tertiary/aromatic N) is 1. The Morgan fingerprint density at radius 3 is 2.44 bits per heavy atom. The van der Waals surface area contributed by atoms with Gasteiger partial charge in [-0.2, -0.15) is 0 Å². The predicted octanol–water partition coefficient (Wildman–Crippen LogP) is 0.466. The lowest BCUT2D eigenvalue weighted by Crippen LogP contribution is -2.39. The third-order valence-corrected chi connectivity index (χ3v) is 4.85. The van der Waals surface area contributed by atoms with Crippen LogP contribution >= 0.6 is 0 Å². The molecule has 3 N–H and O–H groups in total. The van der Waals surface area contributed by atoms with E-state index in [4.69, 9.17) is 0 Å². The number of hydrogen-bond donors (Lipinski definition) is 3. The van der Waals surface area contributed by atoms with Gasteiger partial charge in [-0.3, -0.25) is 4.79 Å². The van der Waals surface area contributed by atoms with Crippen LogP contribution in [0.25, 0.3) is 0 Å². The molecule has 0 saturated heterocycles. The fraction of sp³-hybridized carbons (Fsp3) is 0.529. The van der Waals surface area contributed by atoms with Crippen LogP contribution in [0.15, 0.2) is 34.2 Å². The molecule has 8 heteroatoms. The molecule has 0 unspecified atom stereocenters. The number of guanidine groups is 1. The second-order valence-electron chi connectivity index (χ2n) is 6.13. The van der Waals surface area contributed by atoms with E-state index in [1.54, 1.807) is 12.1 Å². The van der Waals surface area contributed by atoms with Crippen LogP contribution in [-0.2, 0) is 21.1 Å². The van der Waals surface area contributed by atoms with Crippen molar-refractivity contribution >= 4 is 21.7 Å². The molecule has 0 heterocycles. The smallest absolute Gasteiger partial charge is 0.242 e. The van der Waals surface area contributed by atoms with Crippen molar-refractivity contribution in [3.8, 4) is 0 Å². The van der Waals surface area contributed by atoms with Crippen molar-refractivity contribution in [2.24, 2.45) is 4.99 Å². The van der Waals surface area contributed by atoms with Crippen LogP contribution in [0.1, 0.15) is 25.3 Å². The maximum atomic E-state index is 11.7. The number of carbonyl (C=O) groups excluding carboxylic acids is 1. The van der Waals surface area contributed by atoms with Gasteiger partial charge in [-0.25, -0.2) is 13.4 Å². The topological polar surface area (TPSA) is 99.7 Å². The number of hydrogen-bond acceptors (Lipinski definition) is 4. The predicted molar refractivity (Wildman–Crippen MR) is 98.4 cm³/mol. The molecule has 1 aromatic carbocycles. The van der Waals surface area contributed by atoms with Crippen LogP contribution < -0.4 is 16.0 Å². The van der Waals surface area contributed by atoms with Crippen LogP contribution in [0.4, 0.5) is 0 Å². The summed E-state index contributed by atoms with van der Waals surface area (Å²) in [6, 6.07) is 7.20. The van der Waals surface area contributed by atoms with Crippen molar-refractivity contribution in [2.45, 2.75) is 37.1 Å². The standard InChI is InChI=1S/C17H26N4O3S/c1-3-18-17(20-12-16(22)21-14-6-7-14)19-11-10-13-4-8-15(9-5-13)25(2,23)24/h4-5,8-9,14H,3,6-7,10-12H2,1-2H3,(H,21,22)(H2,18,19,20). The first kappa shape index (κ1) is 19.2. The van der Waals surface area contributed by atoms with E-state index in [0.29, 0.717) is 30.0 Å². The van der Waals surface area contributed by atoms with Gasteiger partial charge in [-0.1, -0.05) is 12.1 Å². The zero-order valence-corrected chi connectivity index (χ0v) is 15.5. The van der Waals surface area contributed by atoms with E-state index in [1.165, 1.54) is 6.26 Å². The van der Waals surface area contributed by atoms with Gasteiger partial charge < -0.3 is 16.0 Å². The van der Waals surface area contributed by atoms with E-state index in [2.05, 4.69) is 20.9 Å². The van der Waals surface area contributed by atoms with Crippen molar-refractivity contribution in [2.75, 3.05) is 25.9 Å². The summed E-state index contributed by atoms with van der Waals surface area (Å²) in [5, 5.41) is 9.18. The van der Waals surface area contributed by atoms with Crippen LogP contribution in [0.2, 0.25) is 0 Å². The summed E-state index contributed by atoms with van der Waals surface area (Å²) in [7, 11) is -3.16. The van der Waals surface area contributed by atoms with Crippen LogP contribution in [0.3, 0.4) is 0 Å². The van der Waals surface area contributed by atoms with Gasteiger partial charge in [0.15, 0.2) is 15.8 Å². The molecule has 0 aliphatic heterocycles. The van der Waals surface area contributed by atoms with Gasteiger partial charge in [-0.15, -0.1) is 0 Å². The molecule has 0 atom stereocenters. The second kappa shape index (κ2) is 8.84. The Balaban J connectivity index is 1.80. The molecule has 0 radical (unpaired) electrons. The molecule has 2 rings (SSSR count). The fourth-order valence-corrected chi connectivity index (χ4v) is 2.85. The number of nitrogens with one attached hydrogen (secondary N) is 3. The van der Waals surface area contributed by atoms with Crippen molar-refractivity contribution in [1.29, 1.82) is 0 Å². The Labute approximate surface area is 149 Å². The highest BCUT2D eigenvalue weighted by molar-refractivity contribution is 7.90. The lowest BCUT2D eigenvalue weighted by Gasteiger charge is -2.11. The maximum absolute atomic E-state index is 11.7. The SMILES string of the molecule is CCNC(=NCC(=O)NC1CC1)NCCc1ccc(S(C)(=O)=O)cc1. The summed E-state index contributed by atoms with van der Waals surface area (Å²) in [5.41, 5.74) is 1.03. The lowest BCUT2D eigenvalue weighted by atomic mass is 10.1. The molecule has 7 nitrogen and oxygen atoms in total. The van der Waals surface area contributed by atoms with Gasteiger partial charge in [0.05, 0.1) is 4.90 Å². The van der Waals surface area contributed by atoms with Gasteiger partial charge in [0.1, 0.15) is 6.54 Å². The first-order chi connectivity index (χ1) is 11.9. The number of amides is 1. The zero-order valence-electron chi connectivity index (χ0n) is 14.7. The van der Waals surface area contributed by atoms with Crippen molar-refractivity contribution in [3.63, 3.8) is 0 Å². The molecule has 1 saturated carbocycles. The minimum absolute atomic E-state index is 0.0592. The highest BCUT2D eigenvalue weighted by Crippen LogP contribution is 2.18. The molecule has 25 heavy (non-hydrogen) atoms. The average Bonchev–Trinajstić information content (AvgIpc) is 3.36. The van der Waals surface area contributed by atoms with E-state index in [0.717, 1.165) is 24.8 Å². The Hall–Kier alpha value is -2.09. The van der Waals surface area contributed by atoms with Crippen LogP contribution in [-0.4, -0.2) is 52.2 Å². The van der Waals surface area contributed by atoms with Gasteiger partial charge >= 0.3 is 0 Å². The molecule has 1 aromatic rings. The second-order valence-corrected chi connectivity index (χ2v) is 8.15. The molecule has 0 aromatic heterocycles. The minimum atomic E-state index is -3.16. The third kappa shape index (κ3) is 7.13. The summed E-state index contributed by atoms with van der Waals surface area (Å²) < 4.78 is 22.9. The van der Waals surface area contributed by atoms with Crippen molar-refractivity contribution < 1.29 is 13.2 Å². The first-order valence-electron chi connectivity index (χ1n) is 8.49. The number of sulfone groups is 1. The minimum Gasteiger partial charge on any atom is -0.357 e. The molecule has 138 valence electrons. The quantitative estimate of drug-likeness (QED) is 0.459. The molecular weight excluding hydrogens is 340 g/mol. The van der Waals surface area contributed by atoms with E-state index in [1.807, 2.05) is 19.1 Å². The largest absolute Gasteiger partial charge is 0.357 e. The molecule has 0 spiro atoms. The Morgan fingerprint density at radius 1 is 1.20 bits per heavy atom. The fourth-order valence-electron chi connectivity index (χ4n) is 2.22. The summed E-state index contributed by atoms with van der Waals surface area (Å²) in [6.45, 7) is 3.41. The van der Waals surface area contributed by atoms with E-state index >= 15 is 0 Å². The molecule has 1 fully saturated rings. The first-order valence-corrected chi connectivity index (χ1v) is 10.4. The normalized spacial score (nSPS) is 14.9. The Bertz CT molecular complexity index is 710. The molecular formula is C17H26N4O3S. The summed E-state index contributed by atoms with van der Waals surface area (Å²) in [4.78, 5) is 16.3. The number of benzene rings is 1. The van der Waals surface area contributed by atoms with Gasteiger partial charge in [0.25, 0.3) is 0 Å². The van der Waals surface area contributed by atoms with Gasteiger partial charge in [0, 0.05) is 25.4 Å². The summed E-state index contributed by atoms with van der Waals surface area (Å²) >= 11 is 0. The maximum Gasteiger partial charge on any atom is 0.242 e. The van der Waals surface area contributed by atoms with Crippen LogP contribution in [0, 0.1) is 0 Å². The van der Waals surface area contributed by atoms with E-state index in [9.17, 15) is 13.2 Å². The molecule has 0 bridgehead atoms. The van der Waals surface area contributed by atoms with Crippen molar-refractivity contribution in [1.82, 2.24) is 16.0 Å². The highest BCUT2D eigenvalue weighted by atomic mass is 32.2.